The Balaban J connectivity index is 1.73. The van der Waals surface area contributed by atoms with E-state index in [0.717, 1.165) is 17.2 Å². The zero-order valence-electron chi connectivity index (χ0n) is 18.5. The van der Waals surface area contributed by atoms with Gasteiger partial charge in [-0.2, -0.15) is 0 Å². The minimum Gasteiger partial charge on any atom is -0.496 e. The topological polar surface area (TPSA) is 48.0 Å². The van der Waals surface area contributed by atoms with Gasteiger partial charge in [0, 0.05) is 18.1 Å². The van der Waals surface area contributed by atoms with Crippen LogP contribution in [0.4, 0.5) is 13.6 Å². The fourth-order valence-corrected chi connectivity index (χ4v) is 3.48. The summed E-state index contributed by atoms with van der Waals surface area (Å²) in [5.74, 6) is -0.935. The van der Waals surface area contributed by atoms with Crippen LogP contribution in [0.1, 0.15) is 38.3 Å². The van der Waals surface area contributed by atoms with Crippen LogP contribution in [0.15, 0.2) is 36.4 Å². The SMILES string of the molecule is COc1cc(Cl)cc(F)c1COc1cc(C2=CCN(C(=O)OC(C)(C)C)CC2)ccc1F. The first-order valence-electron chi connectivity index (χ1n) is 10.2. The van der Waals surface area contributed by atoms with Gasteiger partial charge in [-0.05, 0) is 62.6 Å². The normalized spacial score (nSPS) is 14.1. The molecule has 0 atom stereocenters. The Morgan fingerprint density at radius 2 is 1.88 bits per heavy atom. The van der Waals surface area contributed by atoms with E-state index in [1.54, 1.807) is 17.0 Å². The summed E-state index contributed by atoms with van der Waals surface area (Å²) in [6.07, 6.45) is 2.13. The van der Waals surface area contributed by atoms with Crippen LogP contribution < -0.4 is 9.47 Å². The lowest BCUT2D eigenvalue weighted by atomic mass is 9.99. The predicted octanol–water partition coefficient (Wildman–Crippen LogP) is 6.23. The molecule has 0 fully saturated rings. The summed E-state index contributed by atoms with van der Waals surface area (Å²) in [6, 6.07) is 7.16. The second kappa shape index (κ2) is 9.77. The Morgan fingerprint density at radius 1 is 1.12 bits per heavy atom. The van der Waals surface area contributed by atoms with Gasteiger partial charge < -0.3 is 19.1 Å². The van der Waals surface area contributed by atoms with Crippen molar-refractivity contribution in [3.05, 3.63) is 64.2 Å². The highest BCUT2D eigenvalue weighted by Gasteiger charge is 2.24. The lowest BCUT2D eigenvalue weighted by Gasteiger charge is -2.29. The van der Waals surface area contributed by atoms with Crippen LogP contribution >= 0.6 is 11.6 Å². The van der Waals surface area contributed by atoms with Crippen LogP contribution in [0.5, 0.6) is 11.5 Å². The maximum absolute atomic E-state index is 14.4. The van der Waals surface area contributed by atoms with Crippen molar-refractivity contribution in [3.8, 4) is 11.5 Å². The predicted molar refractivity (Wildman–Crippen MR) is 119 cm³/mol. The molecule has 0 radical (unpaired) electrons. The van der Waals surface area contributed by atoms with Crippen LogP contribution in [0, 0.1) is 11.6 Å². The summed E-state index contributed by atoms with van der Waals surface area (Å²) in [5.41, 5.74) is 1.32. The number of nitrogens with zero attached hydrogens (tertiary/aromatic N) is 1. The third kappa shape index (κ3) is 5.91. The van der Waals surface area contributed by atoms with Crippen molar-refractivity contribution in [2.45, 2.75) is 39.4 Å². The molecule has 32 heavy (non-hydrogen) atoms. The number of methoxy groups -OCH3 is 1. The van der Waals surface area contributed by atoms with Gasteiger partial charge in [0.15, 0.2) is 11.6 Å². The highest BCUT2D eigenvalue weighted by molar-refractivity contribution is 6.30. The maximum Gasteiger partial charge on any atom is 0.410 e. The quantitative estimate of drug-likeness (QED) is 0.525. The molecule has 1 heterocycles. The van der Waals surface area contributed by atoms with Crippen molar-refractivity contribution >= 4 is 23.3 Å². The van der Waals surface area contributed by atoms with Crippen LogP contribution in [0.25, 0.3) is 5.57 Å². The minimum absolute atomic E-state index is 0.00521. The van der Waals surface area contributed by atoms with E-state index in [-0.39, 0.29) is 34.8 Å². The summed E-state index contributed by atoms with van der Waals surface area (Å²) in [7, 11) is 1.39. The number of carbonyl (C=O) groups is 1. The molecule has 0 spiro atoms. The molecule has 0 N–H and O–H groups in total. The van der Waals surface area contributed by atoms with E-state index in [1.165, 1.54) is 19.2 Å². The molecule has 0 aliphatic carbocycles. The number of hydrogen-bond acceptors (Lipinski definition) is 4. The largest absolute Gasteiger partial charge is 0.496 e. The van der Waals surface area contributed by atoms with Gasteiger partial charge in [-0.3, -0.25) is 0 Å². The maximum atomic E-state index is 14.4. The third-order valence-corrected chi connectivity index (χ3v) is 5.09. The molecule has 3 rings (SSSR count). The van der Waals surface area contributed by atoms with Crippen LogP contribution in [0.3, 0.4) is 0 Å². The van der Waals surface area contributed by atoms with Crippen molar-refractivity contribution in [2.75, 3.05) is 20.2 Å². The molecular formula is C24H26ClF2NO4. The molecule has 0 saturated heterocycles. The lowest BCUT2D eigenvalue weighted by Crippen LogP contribution is -2.39. The Morgan fingerprint density at radius 3 is 2.50 bits per heavy atom. The second-order valence-electron chi connectivity index (χ2n) is 8.41. The number of carbonyl (C=O) groups excluding carboxylic acids is 1. The van der Waals surface area contributed by atoms with Crippen molar-refractivity contribution in [3.63, 3.8) is 0 Å². The fourth-order valence-electron chi connectivity index (χ4n) is 3.29. The zero-order valence-corrected chi connectivity index (χ0v) is 19.3. The Hall–Kier alpha value is -2.80. The standard InChI is InChI=1S/C24H26ClF2NO4/c1-24(2,3)32-23(29)28-9-7-15(8-10-28)16-5-6-19(26)22(11-16)31-14-18-20(27)12-17(25)13-21(18)30-4/h5-7,11-13H,8-10,14H2,1-4H3. The molecule has 0 aromatic heterocycles. The smallest absolute Gasteiger partial charge is 0.410 e. The molecule has 2 aromatic carbocycles. The molecule has 2 aromatic rings. The monoisotopic (exact) mass is 465 g/mol. The first-order chi connectivity index (χ1) is 15.1. The molecule has 0 bridgehead atoms. The minimum atomic E-state index is -0.594. The molecule has 0 saturated carbocycles. The van der Waals surface area contributed by atoms with Gasteiger partial charge in [-0.25, -0.2) is 13.6 Å². The van der Waals surface area contributed by atoms with E-state index in [2.05, 4.69) is 0 Å². The lowest BCUT2D eigenvalue weighted by molar-refractivity contribution is 0.0270. The molecule has 0 unspecified atom stereocenters. The zero-order chi connectivity index (χ0) is 23.5. The van der Waals surface area contributed by atoms with Gasteiger partial charge >= 0.3 is 6.09 Å². The average molecular weight is 466 g/mol. The number of rotatable bonds is 5. The Kier molecular flexibility index (Phi) is 7.29. The molecule has 5 nitrogen and oxygen atoms in total. The molecule has 1 aliphatic rings. The van der Waals surface area contributed by atoms with E-state index < -0.39 is 17.2 Å². The van der Waals surface area contributed by atoms with Gasteiger partial charge in [0.1, 0.15) is 23.8 Å². The van der Waals surface area contributed by atoms with Crippen LogP contribution in [0.2, 0.25) is 5.02 Å². The average Bonchev–Trinajstić information content (AvgIpc) is 2.72. The van der Waals surface area contributed by atoms with Crippen LogP contribution in [-0.2, 0) is 11.3 Å². The van der Waals surface area contributed by atoms with Crippen molar-refractivity contribution in [1.29, 1.82) is 0 Å². The summed E-state index contributed by atoms with van der Waals surface area (Å²) in [4.78, 5) is 13.8. The summed E-state index contributed by atoms with van der Waals surface area (Å²) in [5, 5.41) is 0.195. The van der Waals surface area contributed by atoms with Crippen molar-refractivity contribution in [2.24, 2.45) is 0 Å². The van der Waals surface area contributed by atoms with Gasteiger partial charge in [-0.15, -0.1) is 0 Å². The van der Waals surface area contributed by atoms with Gasteiger partial charge in [0.05, 0.1) is 12.7 Å². The molecule has 8 heteroatoms. The Bertz CT molecular complexity index is 1030. The van der Waals surface area contributed by atoms with E-state index in [1.807, 2.05) is 26.8 Å². The number of halogens is 3. The highest BCUT2D eigenvalue weighted by atomic mass is 35.5. The highest BCUT2D eigenvalue weighted by Crippen LogP contribution is 2.31. The number of amides is 1. The fraction of sp³-hybridized carbons (Fsp3) is 0.375. The molecule has 1 amide bonds. The van der Waals surface area contributed by atoms with E-state index >= 15 is 0 Å². The van der Waals surface area contributed by atoms with E-state index in [4.69, 9.17) is 25.8 Å². The third-order valence-electron chi connectivity index (χ3n) is 4.87. The first kappa shape index (κ1) is 23.9. The summed E-state index contributed by atoms with van der Waals surface area (Å²) in [6.45, 7) is 6.12. The summed E-state index contributed by atoms with van der Waals surface area (Å²) < 4.78 is 44.8. The van der Waals surface area contributed by atoms with Gasteiger partial charge in [-0.1, -0.05) is 23.7 Å². The van der Waals surface area contributed by atoms with E-state index in [0.29, 0.717) is 19.5 Å². The Labute approximate surface area is 191 Å². The first-order valence-corrected chi connectivity index (χ1v) is 10.6. The summed E-state index contributed by atoms with van der Waals surface area (Å²) >= 11 is 5.85. The van der Waals surface area contributed by atoms with Crippen molar-refractivity contribution in [1.82, 2.24) is 4.90 Å². The second-order valence-corrected chi connectivity index (χ2v) is 8.84. The number of benzene rings is 2. The molecule has 1 aliphatic heterocycles. The molecular weight excluding hydrogens is 440 g/mol. The van der Waals surface area contributed by atoms with Gasteiger partial charge in [0.2, 0.25) is 0 Å². The number of ether oxygens (including phenoxy) is 3. The van der Waals surface area contributed by atoms with Crippen molar-refractivity contribution < 1.29 is 27.8 Å². The van der Waals surface area contributed by atoms with Crippen LogP contribution in [-0.4, -0.2) is 36.8 Å². The van der Waals surface area contributed by atoms with Gasteiger partial charge in [0.25, 0.3) is 0 Å². The number of hydrogen-bond donors (Lipinski definition) is 0. The molecule has 172 valence electrons. The van der Waals surface area contributed by atoms with E-state index in [9.17, 15) is 13.6 Å².